The second-order valence-corrected chi connectivity index (χ2v) is 9.50. The number of amides is 2. The molecule has 4 rings (SSSR count). The van der Waals surface area contributed by atoms with E-state index < -0.39 is 34.0 Å². The van der Waals surface area contributed by atoms with Gasteiger partial charge in [0.05, 0.1) is 11.6 Å². The number of hydrogen-bond donors (Lipinski definition) is 1. The Bertz CT molecular complexity index is 1110. The summed E-state index contributed by atoms with van der Waals surface area (Å²) >= 11 is 0. The van der Waals surface area contributed by atoms with Crippen molar-refractivity contribution in [1.29, 1.82) is 0 Å². The van der Waals surface area contributed by atoms with Crippen molar-refractivity contribution in [2.24, 2.45) is 0 Å². The summed E-state index contributed by atoms with van der Waals surface area (Å²) in [6.07, 6.45) is 2.13. The highest BCUT2D eigenvalue weighted by Gasteiger charge is 2.43. The van der Waals surface area contributed by atoms with Crippen molar-refractivity contribution in [2.45, 2.75) is 49.6 Å². The molecule has 0 bridgehead atoms. The Balaban J connectivity index is 1.57. The molecule has 0 unspecified atom stereocenters. The average Bonchev–Trinajstić information content (AvgIpc) is 2.94. The zero-order valence-electron chi connectivity index (χ0n) is 16.9. The Morgan fingerprint density at radius 3 is 2.50 bits per heavy atom. The van der Waals surface area contributed by atoms with Crippen molar-refractivity contribution in [3.63, 3.8) is 0 Å². The van der Waals surface area contributed by atoms with E-state index in [2.05, 4.69) is 5.32 Å². The van der Waals surface area contributed by atoms with Crippen LogP contribution in [-0.4, -0.2) is 36.7 Å². The lowest BCUT2D eigenvalue weighted by atomic mass is 9.83. The van der Waals surface area contributed by atoms with Crippen LogP contribution in [0.25, 0.3) is 0 Å². The number of rotatable bonds is 5. The highest BCUT2D eigenvalue weighted by Crippen LogP contribution is 2.42. The fourth-order valence-corrected chi connectivity index (χ4v) is 5.71. The molecule has 1 N–H and O–H groups in total. The number of fused-ring (bicyclic) bond motifs is 2. The van der Waals surface area contributed by atoms with Crippen molar-refractivity contribution in [3.8, 4) is 5.75 Å². The molecule has 0 saturated carbocycles. The summed E-state index contributed by atoms with van der Waals surface area (Å²) in [4.78, 5) is 25.4. The van der Waals surface area contributed by atoms with Crippen molar-refractivity contribution in [3.05, 3.63) is 59.7 Å². The molecule has 0 fully saturated rings. The van der Waals surface area contributed by atoms with Gasteiger partial charge in [0, 0.05) is 12.0 Å². The van der Waals surface area contributed by atoms with E-state index in [0.29, 0.717) is 10.7 Å². The molecule has 0 saturated heterocycles. The van der Waals surface area contributed by atoms with Crippen molar-refractivity contribution < 1.29 is 22.7 Å². The van der Waals surface area contributed by atoms with E-state index in [9.17, 15) is 18.0 Å². The molecule has 0 aromatic heterocycles. The maximum absolute atomic E-state index is 12.8. The number of carbonyl (C=O) groups excluding carboxylic acids is 2. The molecule has 2 aliphatic heterocycles. The van der Waals surface area contributed by atoms with Gasteiger partial charge in [0.2, 0.25) is 5.91 Å². The minimum Gasteiger partial charge on any atom is -0.487 e. The van der Waals surface area contributed by atoms with Crippen molar-refractivity contribution in [1.82, 2.24) is 9.62 Å². The molecular formula is C22H24N2O5S. The fraction of sp³-hybridized carbons (Fsp3) is 0.364. The van der Waals surface area contributed by atoms with Gasteiger partial charge in [-0.2, -0.15) is 0 Å². The summed E-state index contributed by atoms with van der Waals surface area (Å²) in [5, 5.41) is 2.93. The first kappa shape index (κ1) is 20.4. The standard InChI is InChI=1S/C22H24N2O5S/c1-3-22(4-2)13-17(15-9-5-7-11-18(15)29-22)23-20(25)14-24-21(26)16-10-6-8-12-19(16)30(24,27)28/h5-12,17H,3-4,13-14H2,1-2H3,(H,23,25)/t17-/m0/s1. The molecule has 30 heavy (non-hydrogen) atoms. The van der Waals surface area contributed by atoms with Crippen LogP contribution in [-0.2, 0) is 14.8 Å². The van der Waals surface area contributed by atoms with Crippen LogP contribution in [0.3, 0.4) is 0 Å². The summed E-state index contributed by atoms with van der Waals surface area (Å²) in [5.74, 6) is -0.484. The van der Waals surface area contributed by atoms with Crippen LogP contribution >= 0.6 is 0 Å². The van der Waals surface area contributed by atoms with Crippen LogP contribution in [0.5, 0.6) is 5.75 Å². The third-order valence-electron chi connectivity index (χ3n) is 6.02. The second-order valence-electron chi connectivity index (χ2n) is 7.67. The summed E-state index contributed by atoms with van der Waals surface area (Å²) in [5.41, 5.74) is 0.540. The summed E-state index contributed by atoms with van der Waals surface area (Å²) in [6.45, 7) is 3.53. The number of hydrogen-bond acceptors (Lipinski definition) is 5. The van der Waals surface area contributed by atoms with Gasteiger partial charge in [0.1, 0.15) is 22.8 Å². The van der Waals surface area contributed by atoms with E-state index in [1.807, 2.05) is 38.1 Å². The zero-order chi connectivity index (χ0) is 21.5. The number of para-hydroxylation sites is 1. The van der Waals surface area contributed by atoms with Gasteiger partial charge in [-0.05, 0) is 31.0 Å². The van der Waals surface area contributed by atoms with Gasteiger partial charge in [-0.15, -0.1) is 0 Å². The first-order chi connectivity index (χ1) is 14.3. The van der Waals surface area contributed by atoms with Gasteiger partial charge in [-0.1, -0.05) is 44.2 Å². The van der Waals surface area contributed by atoms with E-state index in [-0.39, 0.29) is 16.5 Å². The molecule has 2 aliphatic rings. The molecule has 2 aromatic carbocycles. The second kappa shape index (κ2) is 7.43. The van der Waals surface area contributed by atoms with Crippen molar-refractivity contribution in [2.75, 3.05) is 6.54 Å². The maximum atomic E-state index is 12.8. The van der Waals surface area contributed by atoms with Crippen LogP contribution in [0.15, 0.2) is 53.4 Å². The van der Waals surface area contributed by atoms with Crippen LogP contribution in [0.4, 0.5) is 0 Å². The van der Waals surface area contributed by atoms with Crippen LogP contribution in [0.1, 0.15) is 55.1 Å². The van der Waals surface area contributed by atoms with Gasteiger partial charge in [-0.25, -0.2) is 12.7 Å². The highest BCUT2D eigenvalue weighted by molar-refractivity contribution is 7.90. The van der Waals surface area contributed by atoms with Gasteiger partial charge < -0.3 is 10.1 Å². The predicted molar refractivity (Wildman–Crippen MR) is 111 cm³/mol. The third kappa shape index (κ3) is 3.25. The van der Waals surface area contributed by atoms with E-state index in [1.165, 1.54) is 12.1 Å². The number of nitrogens with one attached hydrogen (secondary N) is 1. The summed E-state index contributed by atoms with van der Waals surface area (Å²) < 4.78 is 32.3. The van der Waals surface area contributed by atoms with E-state index in [1.54, 1.807) is 12.1 Å². The average molecular weight is 429 g/mol. The van der Waals surface area contributed by atoms with E-state index in [4.69, 9.17) is 4.74 Å². The maximum Gasteiger partial charge on any atom is 0.269 e. The Hall–Kier alpha value is -2.87. The smallest absolute Gasteiger partial charge is 0.269 e. The quantitative estimate of drug-likeness (QED) is 0.790. The molecule has 158 valence electrons. The molecule has 2 heterocycles. The number of carbonyl (C=O) groups is 2. The minimum atomic E-state index is -4.03. The predicted octanol–water partition coefficient (Wildman–Crippen LogP) is 3.03. The van der Waals surface area contributed by atoms with Crippen LogP contribution in [0, 0.1) is 0 Å². The molecular weight excluding hydrogens is 404 g/mol. The Morgan fingerprint density at radius 2 is 1.80 bits per heavy atom. The first-order valence-electron chi connectivity index (χ1n) is 10.0. The normalized spacial score (nSPS) is 20.8. The summed E-state index contributed by atoms with van der Waals surface area (Å²) in [6, 6.07) is 13.2. The van der Waals surface area contributed by atoms with Gasteiger partial charge in [-0.3, -0.25) is 9.59 Å². The summed E-state index contributed by atoms with van der Waals surface area (Å²) in [7, 11) is -4.03. The topological polar surface area (TPSA) is 92.8 Å². The molecule has 2 aromatic rings. The van der Waals surface area contributed by atoms with Gasteiger partial charge >= 0.3 is 0 Å². The Morgan fingerprint density at radius 1 is 1.13 bits per heavy atom. The third-order valence-corrected chi connectivity index (χ3v) is 7.81. The molecule has 0 radical (unpaired) electrons. The lowest BCUT2D eigenvalue weighted by Crippen LogP contribution is -2.47. The van der Waals surface area contributed by atoms with E-state index in [0.717, 1.165) is 24.2 Å². The van der Waals surface area contributed by atoms with E-state index >= 15 is 0 Å². The lowest BCUT2D eigenvalue weighted by Gasteiger charge is -2.41. The minimum absolute atomic E-state index is 0.0600. The monoisotopic (exact) mass is 428 g/mol. The van der Waals surface area contributed by atoms with Crippen molar-refractivity contribution >= 4 is 21.8 Å². The Kier molecular flexibility index (Phi) is 5.05. The van der Waals surface area contributed by atoms with Gasteiger partial charge in [0.25, 0.3) is 15.9 Å². The zero-order valence-corrected chi connectivity index (χ0v) is 17.7. The largest absolute Gasteiger partial charge is 0.487 e. The van der Waals surface area contributed by atoms with Crippen LogP contribution in [0.2, 0.25) is 0 Å². The molecule has 7 nitrogen and oxygen atoms in total. The first-order valence-corrected chi connectivity index (χ1v) is 11.5. The van der Waals surface area contributed by atoms with Gasteiger partial charge in [0.15, 0.2) is 0 Å². The number of nitrogens with zero attached hydrogens (tertiary/aromatic N) is 1. The lowest BCUT2D eigenvalue weighted by molar-refractivity contribution is -0.122. The SMILES string of the molecule is CCC1(CC)C[C@H](NC(=O)CN2C(=O)c3ccccc3S2(=O)=O)c2ccccc2O1. The molecule has 2 amide bonds. The molecule has 8 heteroatoms. The number of benzene rings is 2. The fourth-order valence-electron chi connectivity index (χ4n) is 4.19. The number of ether oxygens (including phenoxy) is 1. The highest BCUT2D eigenvalue weighted by atomic mass is 32.2. The van der Waals surface area contributed by atoms with Crippen LogP contribution < -0.4 is 10.1 Å². The number of sulfonamides is 1. The molecule has 0 spiro atoms. The Labute approximate surface area is 176 Å². The molecule has 0 aliphatic carbocycles. The molecule has 1 atom stereocenters.